The average molecular weight is 249 g/mol. The molecule has 2 heteroatoms. The molecule has 0 nitrogen and oxygen atoms in total. The summed E-state index contributed by atoms with van der Waals surface area (Å²) < 4.78 is 0.370. The summed E-state index contributed by atoms with van der Waals surface area (Å²) in [6.45, 7) is 3.79. The van der Waals surface area contributed by atoms with Gasteiger partial charge in [-0.25, -0.2) is 0 Å². The molecule has 9 heavy (non-hydrogen) atoms. The zero-order chi connectivity index (χ0) is 6.85. The van der Waals surface area contributed by atoms with E-state index < -0.39 is 0 Å². The molecule has 0 amide bonds. The van der Waals surface area contributed by atoms with Crippen LogP contribution < -0.4 is 0 Å². The summed E-state index contributed by atoms with van der Waals surface area (Å²) in [6, 6.07) is 0. The molecule has 0 aliphatic heterocycles. The van der Waals surface area contributed by atoms with Crippen LogP contribution in [0.2, 0.25) is 0 Å². The van der Waals surface area contributed by atoms with E-state index >= 15 is 0 Å². The van der Waals surface area contributed by atoms with Crippen molar-refractivity contribution in [2.45, 2.75) is 3.92 Å². The Morgan fingerprint density at radius 1 is 1.67 bits per heavy atom. The smallest absolute Gasteiger partial charge is 0.0647 e. The first-order valence-corrected chi connectivity index (χ1v) is 4.26. The molecule has 0 fully saturated rings. The maximum Gasteiger partial charge on any atom is 0.0647 e. The molecule has 0 heterocycles. The first kappa shape index (κ1) is 7.41. The van der Waals surface area contributed by atoms with Gasteiger partial charge in [-0.3, -0.25) is 0 Å². The molecular formula is C7H6IS. The van der Waals surface area contributed by atoms with Crippen LogP contribution in [0.25, 0.3) is 0 Å². The van der Waals surface area contributed by atoms with Gasteiger partial charge in [-0.05, 0) is 12.5 Å². The minimum absolute atomic E-state index is 0.370. The van der Waals surface area contributed by atoms with Crippen molar-refractivity contribution >= 4 is 39.7 Å². The van der Waals surface area contributed by atoms with Crippen molar-refractivity contribution in [3.05, 3.63) is 30.7 Å². The van der Waals surface area contributed by atoms with Gasteiger partial charge in [0.15, 0.2) is 0 Å². The quantitative estimate of drug-likeness (QED) is 0.361. The highest BCUT2D eigenvalue weighted by Gasteiger charge is 2.10. The lowest BCUT2D eigenvalue weighted by Crippen LogP contribution is -2.11. The number of hydrogen-bond acceptors (Lipinski definition) is 1. The first-order valence-electron chi connectivity index (χ1n) is 2.60. The summed E-state index contributed by atoms with van der Waals surface area (Å²) in [7, 11) is 0. The molecule has 1 aliphatic carbocycles. The lowest BCUT2D eigenvalue weighted by atomic mass is 10.1. The number of alkyl halides is 1. The number of hydrogen-bond donors (Lipinski definition) is 0. The van der Waals surface area contributed by atoms with E-state index in [1.807, 2.05) is 12.2 Å². The Morgan fingerprint density at radius 3 is 2.78 bits per heavy atom. The molecule has 0 aromatic rings. The lowest BCUT2D eigenvalue weighted by molar-refractivity contribution is 1.53. The van der Waals surface area contributed by atoms with Crippen LogP contribution in [0.4, 0.5) is 0 Å². The van der Waals surface area contributed by atoms with Gasteiger partial charge in [0.1, 0.15) is 0 Å². The minimum atomic E-state index is 0.370. The van der Waals surface area contributed by atoms with Gasteiger partial charge in [0, 0.05) is 4.86 Å². The van der Waals surface area contributed by atoms with Crippen LogP contribution in [-0.4, -0.2) is 8.79 Å². The van der Waals surface area contributed by atoms with Crippen LogP contribution in [0.5, 0.6) is 0 Å². The summed E-state index contributed by atoms with van der Waals surface area (Å²) in [6.07, 6.45) is 6.00. The molecule has 47 valence electrons. The molecule has 0 saturated carbocycles. The van der Waals surface area contributed by atoms with Crippen molar-refractivity contribution in [1.82, 2.24) is 0 Å². The molecule has 0 saturated heterocycles. The van der Waals surface area contributed by atoms with Gasteiger partial charge in [-0.1, -0.05) is 53.0 Å². The second kappa shape index (κ2) is 2.92. The highest BCUT2D eigenvalue weighted by atomic mass is 127. The minimum Gasteiger partial charge on any atom is -0.0831 e. The standard InChI is InChI=1S/C7H6IS/c1-5-3-2-4-6(8)7(5)9/h2-4,6H,1H2. The van der Waals surface area contributed by atoms with E-state index in [2.05, 4.69) is 35.6 Å². The molecule has 1 unspecified atom stereocenters. The summed E-state index contributed by atoms with van der Waals surface area (Å²) in [5.74, 6) is 0. The molecule has 0 aromatic heterocycles. The van der Waals surface area contributed by atoms with E-state index in [9.17, 15) is 0 Å². The number of thiocarbonyl (C=S) groups is 1. The molecule has 1 radical (unpaired) electrons. The van der Waals surface area contributed by atoms with Crippen LogP contribution in [0.3, 0.4) is 0 Å². The van der Waals surface area contributed by atoms with Crippen molar-refractivity contribution in [2.75, 3.05) is 0 Å². The second-order valence-electron chi connectivity index (χ2n) is 1.84. The number of halogens is 1. The Bertz CT molecular complexity index is 191. The summed E-state index contributed by atoms with van der Waals surface area (Å²) >= 11 is 7.35. The van der Waals surface area contributed by atoms with E-state index in [4.69, 9.17) is 12.2 Å². The van der Waals surface area contributed by atoms with Gasteiger partial charge in [0.05, 0.1) is 3.92 Å². The normalized spacial score (nSPS) is 26.2. The van der Waals surface area contributed by atoms with E-state index in [1.165, 1.54) is 0 Å². The summed E-state index contributed by atoms with van der Waals surface area (Å²) in [4.78, 5) is 0.957. The predicted molar refractivity (Wildman–Crippen MR) is 53.0 cm³/mol. The van der Waals surface area contributed by atoms with E-state index in [1.54, 1.807) is 0 Å². The molecule has 0 spiro atoms. The Morgan fingerprint density at radius 2 is 2.33 bits per heavy atom. The highest BCUT2D eigenvalue weighted by molar-refractivity contribution is 14.1. The first-order chi connectivity index (χ1) is 4.22. The van der Waals surface area contributed by atoms with Gasteiger partial charge in [-0.15, -0.1) is 0 Å². The van der Waals surface area contributed by atoms with Crippen LogP contribution in [0, 0.1) is 6.92 Å². The van der Waals surface area contributed by atoms with Crippen molar-refractivity contribution in [1.29, 1.82) is 0 Å². The zero-order valence-corrected chi connectivity index (χ0v) is 7.78. The van der Waals surface area contributed by atoms with Crippen molar-refractivity contribution < 1.29 is 0 Å². The molecule has 1 aliphatic rings. The number of rotatable bonds is 0. The monoisotopic (exact) mass is 249 g/mol. The van der Waals surface area contributed by atoms with Crippen LogP contribution >= 0.6 is 34.8 Å². The molecule has 0 bridgehead atoms. The Labute approximate surface area is 74.2 Å². The highest BCUT2D eigenvalue weighted by Crippen LogP contribution is 2.16. The molecular weight excluding hydrogens is 243 g/mol. The fourth-order valence-electron chi connectivity index (χ4n) is 0.616. The van der Waals surface area contributed by atoms with E-state index in [-0.39, 0.29) is 0 Å². The Kier molecular flexibility index (Phi) is 2.41. The topological polar surface area (TPSA) is 0 Å². The van der Waals surface area contributed by atoms with Gasteiger partial charge in [-0.2, -0.15) is 0 Å². The summed E-state index contributed by atoms with van der Waals surface area (Å²) in [5, 5.41) is 0. The zero-order valence-electron chi connectivity index (χ0n) is 4.80. The fourth-order valence-corrected chi connectivity index (χ4v) is 1.40. The fraction of sp³-hybridized carbons (Fsp3) is 0.143. The third kappa shape index (κ3) is 1.61. The SMILES string of the molecule is [CH2]C1=CC=CC(I)C1=S. The Balaban J connectivity index is 2.86. The van der Waals surface area contributed by atoms with Crippen LogP contribution in [0.1, 0.15) is 0 Å². The number of allylic oxidation sites excluding steroid dienone is 4. The Hall–Kier alpha value is 0.300. The van der Waals surface area contributed by atoms with Gasteiger partial charge in [0.2, 0.25) is 0 Å². The third-order valence-electron chi connectivity index (χ3n) is 1.14. The molecule has 0 aromatic carbocycles. The van der Waals surface area contributed by atoms with Crippen molar-refractivity contribution in [3.63, 3.8) is 0 Å². The van der Waals surface area contributed by atoms with Gasteiger partial charge in [0.25, 0.3) is 0 Å². The van der Waals surface area contributed by atoms with E-state index in [0.717, 1.165) is 10.4 Å². The summed E-state index contributed by atoms with van der Waals surface area (Å²) in [5.41, 5.74) is 0.979. The largest absolute Gasteiger partial charge is 0.0831 e. The van der Waals surface area contributed by atoms with Crippen molar-refractivity contribution in [2.24, 2.45) is 0 Å². The average Bonchev–Trinajstić information content (AvgIpc) is 1.83. The maximum atomic E-state index is 5.06. The molecule has 1 rings (SSSR count). The lowest BCUT2D eigenvalue weighted by Gasteiger charge is -2.09. The predicted octanol–water partition coefficient (Wildman–Crippen LogP) is 2.49. The third-order valence-corrected chi connectivity index (χ3v) is 3.12. The second-order valence-corrected chi connectivity index (χ2v) is 3.62. The maximum absolute atomic E-state index is 5.06. The van der Waals surface area contributed by atoms with Crippen molar-refractivity contribution in [3.8, 4) is 0 Å². The van der Waals surface area contributed by atoms with E-state index in [0.29, 0.717) is 3.92 Å². The van der Waals surface area contributed by atoms with Crippen LogP contribution in [0.15, 0.2) is 23.8 Å². The van der Waals surface area contributed by atoms with Crippen LogP contribution in [-0.2, 0) is 0 Å². The molecule has 1 atom stereocenters. The molecule has 0 N–H and O–H groups in total. The van der Waals surface area contributed by atoms with Gasteiger partial charge >= 0.3 is 0 Å². The van der Waals surface area contributed by atoms with Gasteiger partial charge < -0.3 is 0 Å².